The Morgan fingerprint density at radius 2 is 1.90 bits per heavy atom. The van der Waals surface area contributed by atoms with E-state index >= 15 is 0 Å². The Morgan fingerprint density at radius 3 is 2.50 bits per heavy atom. The van der Waals surface area contributed by atoms with Gasteiger partial charge in [0.1, 0.15) is 0 Å². The number of ether oxygens (including phenoxy) is 1. The van der Waals surface area contributed by atoms with E-state index in [-0.39, 0.29) is 12.6 Å². The smallest absolute Gasteiger partial charge is 0.330 e. The average Bonchev–Trinajstić information content (AvgIpc) is 2.36. The molecule has 3 heteroatoms. The van der Waals surface area contributed by atoms with E-state index in [1.54, 1.807) is 12.2 Å². The van der Waals surface area contributed by atoms with E-state index in [1.165, 1.54) is 12.2 Å². The lowest BCUT2D eigenvalue weighted by atomic mass is 10.2. The Bertz CT molecular complexity index is 498. The average molecular weight is 272 g/mol. The predicted molar refractivity (Wildman–Crippen MR) is 80.5 cm³/mol. The van der Waals surface area contributed by atoms with Crippen LogP contribution in [-0.4, -0.2) is 23.8 Å². The second-order valence-corrected chi connectivity index (χ2v) is 4.14. The van der Waals surface area contributed by atoms with Crippen molar-refractivity contribution in [1.82, 2.24) is 0 Å². The summed E-state index contributed by atoms with van der Waals surface area (Å²) in [6.45, 7) is 5.68. The molecule has 0 saturated heterocycles. The van der Waals surface area contributed by atoms with Crippen LogP contribution in [0, 0.1) is 23.7 Å². The Labute approximate surface area is 121 Å². The van der Waals surface area contributed by atoms with Gasteiger partial charge in [-0.05, 0) is 50.8 Å². The first-order valence-corrected chi connectivity index (χ1v) is 6.35. The lowest BCUT2D eigenvalue weighted by Gasteiger charge is -2.05. The molecule has 0 aliphatic carbocycles. The van der Waals surface area contributed by atoms with Crippen LogP contribution in [0.1, 0.15) is 27.2 Å². The maximum Gasteiger partial charge on any atom is 0.330 e. The van der Waals surface area contributed by atoms with Gasteiger partial charge in [0.05, 0.1) is 12.7 Å². The first kappa shape index (κ1) is 17.8. The number of aliphatic hydroxyl groups is 1. The lowest BCUT2D eigenvalue weighted by Crippen LogP contribution is -2.10. The van der Waals surface area contributed by atoms with Crippen LogP contribution in [0.5, 0.6) is 0 Å². The zero-order valence-electron chi connectivity index (χ0n) is 12.1. The third-order valence-corrected chi connectivity index (χ3v) is 1.92. The van der Waals surface area contributed by atoms with E-state index in [4.69, 9.17) is 4.74 Å². The summed E-state index contributed by atoms with van der Waals surface area (Å²) in [5.74, 6) is 10.3. The highest BCUT2D eigenvalue weighted by Gasteiger charge is 2.01. The molecule has 0 saturated carbocycles. The van der Waals surface area contributed by atoms with Gasteiger partial charge < -0.3 is 9.84 Å². The van der Waals surface area contributed by atoms with E-state index in [0.717, 1.165) is 5.57 Å². The van der Waals surface area contributed by atoms with Crippen LogP contribution in [0.4, 0.5) is 0 Å². The first-order valence-electron chi connectivity index (χ1n) is 6.35. The predicted octanol–water partition coefficient (Wildman–Crippen LogP) is 2.39. The molecule has 0 aromatic carbocycles. The van der Waals surface area contributed by atoms with Crippen molar-refractivity contribution < 1.29 is 14.6 Å². The summed E-state index contributed by atoms with van der Waals surface area (Å²) < 4.78 is 4.92. The molecule has 0 radical (unpaired) electrons. The van der Waals surface area contributed by atoms with Gasteiger partial charge in [0.2, 0.25) is 0 Å². The molecule has 0 rings (SSSR count). The second-order valence-electron chi connectivity index (χ2n) is 4.14. The molecule has 0 bridgehead atoms. The highest BCUT2D eigenvalue weighted by molar-refractivity contribution is 5.82. The van der Waals surface area contributed by atoms with Gasteiger partial charge in [0, 0.05) is 12.5 Å². The van der Waals surface area contributed by atoms with Crippen molar-refractivity contribution in [2.24, 2.45) is 0 Å². The SMILES string of the molecule is C/C=C/C#CC#C/C=C/[C@H](O)CCOC(=O)C=C(C)C. The normalized spacial score (nSPS) is 11.2. The van der Waals surface area contributed by atoms with Crippen LogP contribution in [0.2, 0.25) is 0 Å². The number of rotatable bonds is 5. The van der Waals surface area contributed by atoms with E-state index in [2.05, 4.69) is 23.7 Å². The molecule has 106 valence electrons. The molecule has 0 amide bonds. The highest BCUT2D eigenvalue weighted by atomic mass is 16.5. The Hall–Kier alpha value is -2.23. The van der Waals surface area contributed by atoms with Crippen LogP contribution in [-0.2, 0) is 9.53 Å². The summed E-state index contributed by atoms with van der Waals surface area (Å²) >= 11 is 0. The number of allylic oxidation sites excluding steroid dienone is 4. The minimum Gasteiger partial charge on any atom is -0.462 e. The van der Waals surface area contributed by atoms with Crippen LogP contribution in [0.15, 0.2) is 36.0 Å². The molecule has 1 atom stereocenters. The summed E-state index contributed by atoms with van der Waals surface area (Å²) in [7, 11) is 0. The molecule has 0 spiro atoms. The third kappa shape index (κ3) is 12.2. The van der Waals surface area contributed by atoms with Crippen LogP contribution >= 0.6 is 0 Å². The lowest BCUT2D eigenvalue weighted by molar-refractivity contribution is -0.138. The number of carbonyl (C=O) groups is 1. The van der Waals surface area contributed by atoms with E-state index in [0.29, 0.717) is 6.42 Å². The van der Waals surface area contributed by atoms with Gasteiger partial charge in [-0.3, -0.25) is 0 Å². The van der Waals surface area contributed by atoms with Crippen LogP contribution in [0.3, 0.4) is 0 Å². The summed E-state index contributed by atoms with van der Waals surface area (Å²) in [6.07, 6.45) is 7.67. The fourth-order valence-electron chi connectivity index (χ4n) is 1.05. The molecule has 20 heavy (non-hydrogen) atoms. The molecule has 0 aromatic rings. The van der Waals surface area contributed by atoms with Crippen molar-refractivity contribution in [1.29, 1.82) is 0 Å². The Morgan fingerprint density at radius 1 is 1.25 bits per heavy atom. The summed E-state index contributed by atoms with van der Waals surface area (Å²) in [6, 6.07) is 0. The quantitative estimate of drug-likeness (QED) is 0.475. The van der Waals surface area contributed by atoms with Gasteiger partial charge in [-0.25, -0.2) is 4.79 Å². The van der Waals surface area contributed by atoms with Crippen molar-refractivity contribution in [3.63, 3.8) is 0 Å². The van der Waals surface area contributed by atoms with Crippen molar-refractivity contribution in [2.75, 3.05) is 6.61 Å². The maximum atomic E-state index is 11.2. The second kappa shape index (κ2) is 11.8. The summed E-state index contributed by atoms with van der Waals surface area (Å²) in [4.78, 5) is 11.2. The zero-order valence-corrected chi connectivity index (χ0v) is 12.1. The molecule has 1 N–H and O–H groups in total. The largest absolute Gasteiger partial charge is 0.462 e. The standard InChI is InChI=1S/C17H20O3/c1-4-5-6-7-8-9-10-11-16(18)12-13-20-17(19)14-15(2)3/h4-5,10-11,14,16,18H,12-13H2,1-3H3/b5-4+,11-10+/t16-/m0/s1. The van der Waals surface area contributed by atoms with Crippen LogP contribution < -0.4 is 0 Å². The Kier molecular flexibility index (Phi) is 10.5. The van der Waals surface area contributed by atoms with Gasteiger partial charge in [0.25, 0.3) is 0 Å². The minimum absolute atomic E-state index is 0.169. The van der Waals surface area contributed by atoms with E-state index in [1.807, 2.05) is 26.8 Å². The zero-order chi connectivity index (χ0) is 15.2. The van der Waals surface area contributed by atoms with Gasteiger partial charge >= 0.3 is 5.97 Å². The monoisotopic (exact) mass is 272 g/mol. The fraction of sp³-hybridized carbons (Fsp3) is 0.353. The van der Waals surface area contributed by atoms with Gasteiger partial charge in [-0.2, -0.15) is 0 Å². The number of aliphatic hydroxyl groups excluding tert-OH is 1. The molecule has 0 aromatic heterocycles. The van der Waals surface area contributed by atoms with Crippen molar-refractivity contribution >= 4 is 5.97 Å². The third-order valence-electron chi connectivity index (χ3n) is 1.92. The number of esters is 1. The van der Waals surface area contributed by atoms with Gasteiger partial charge in [-0.1, -0.05) is 23.5 Å². The van der Waals surface area contributed by atoms with Crippen molar-refractivity contribution in [3.8, 4) is 23.7 Å². The molecular formula is C17H20O3. The molecule has 0 aliphatic heterocycles. The first-order chi connectivity index (χ1) is 9.56. The van der Waals surface area contributed by atoms with Crippen LogP contribution in [0.25, 0.3) is 0 Å². The minimum atomic E-state index is -0.688. The van der Waals surface area contributed by atoms with Gasteiger partial charge in [-0.15, -0.1) is 0 Å². The number of carbonyl (C=O) groups excluding carboxylic acids is 1. The summed E-state index contributed by atoms with van der Waals surface area (Å²) in [5, 5.41) is 9.58. The van der Waals surface area contributed by atoms with E-state index in [9.17, 15) is 9.90 Å². The topological polar surface area (TPSA) is 46.5 Å². The molecular weight excluding hydrogens is 252 g/mol. The molecule has 0 fully saturated rings. The molecule has 0 unspecified atom stereocenters. The number of hydrogen-bond acceptors (Lipinski definition) is 3. The van der Waals surface area contributed by atoms with Crippen molar-refractivity contribution in [2.45, 2.75) is 33.3 Å². The van der Waals surface area contributed by atoms with E-state index < -0.39 is 6.10 Å². The molecule has 3 nitrogen and oxygen atoms in total. The molecule has 0 aliphatic rings. The van der Waals surface area contributed by atoms with Crippen molar-refractivity contribution in [3.05, 3.63) is 36.0 Å². The number of hydrogen-bond donors (Lipinski definition) is 1. The maximum absolute atomic E-state index is 11.2. The fourth-order valence-corrected chi connectivity index (χ4v) is 1.05. The highest BCUT2D eigenvalue weighted by Crippen LogP contribution is 1.96. The summed E-state index contributed by atoms with van der Waals surface area (Å²) in [5.41, 5.74) is 0.879. The Balaban J connectivity index is 3.95. The molecule has 0 heterocycles. The van der Waals surface area contributed by atoms with Gasteiger partial charge in [0.15, 0.2) is 0 Å².